The SMILES string of the molecule is COP(=O)(O)OC[C@H]1C[C@@H](n2cnc3c(N)ncnc32)C[C@@H]1OP(=O)(O)OC[C@@H]1C[C@@H](O)CN1C(=O)CCCCCCCCC(=O)NC(COCCC(=O)CCCCN)(COCCC(=O)CCCCN)COCCC(=O)NCCCCC(=O)CCCCO. The normalized spacial score (nSPS) is 19.2. The number of nitrogen functional groups attached to an aromatic ring is 1. The molecule has 2 aliphatic rings. The molecule has 4 rings (SSSR count). The Bertz CT molecular complexity index is 2490. The van der Waals surface area contributed by atoms with Crippen molar-refractivity contribution in [3.8, 4) is 0 Å². The molecular formula is C57H100N10O19P2. The van der Waals surface area contributed by atoms with Crippen LogP contribution in [0.15, 0.2) is 12.7 Å². The van der Waals surface area contributed by atoms with Gasteiger partial charge in [-0.1, -0.05) is 25.7 Å². The van der Waals surface area contributed by atoms with Crippen LogP contribution in [0.5, 0.6) is 0 Å². The van der Waals surface area contributed by atoms with Gasteiger partial charge in [0.05, 0.1) is 77.4 Å². The third-order valence-corrected chi connectivity index (χ3v) is 17.4. The number of ether oxygens (including phenoxy) is 3. The zero-order valence-electron chi connectivity index (χ0n) is 51.4. The molecule has 0 spiro atoms. The van der Waals surface area contributed by atoms with Crippen LogP contribution in [-0.4, -0.2) is 196 Å². The number of fused-ring (bicyclic) bond motifs is 1. The lowest BCUT2D eigenvalue weighted by Gasteiger charge is -2.34. The van der Waals surface area contributed by atoms with E-state index in [2.05, 4.69) is 30.1 Å². The van der Waals surface area contributed by atoms with Gasteiger partial charge in [-0.05, 0) is 96.6 Å². The first-order valence-corrected chi connectivity index (χ1v) is 34.2. The second kappa shape index (κ2) is 42.0. The molecule has 88 heavy (non-hydrogen) atoms. The minimum atomic E-state index is -4.84. The van der Waals surface area contributed by atoms with E-state index in [9.17, 15) is 52.8 Å². The van der Waals surface area contributed by atoms with E-state index < -0.39 is 58.0 Å². The highest BCUT2D eigenvalue weighted by molar-refractivity contribution is 7.47. The molecular weight excluding hydrogens is 1190 g/mol. The van der Waals surface area contributed by atoms with Crippen molar-refractivity contribution in [2.75, 3.05) is 98.5 Å². The average molecular weight is 1290 g/mol. The average Bonchev–Trinajstić information content (AvgIpc) is 1.78. The second-order valence-corrected chi connectivity index (χ2v) is 25.8. The lowest BCUT2D eigenvalue weighted by Crippen LogP contribution is -2.58. The fraction of sp³-hybridized carbons (Fsp3) is 0.807. The molecule has 1 saturated heterocycles. The number of unbranched alkanes of at least 4 members (excludes halogenated alkanes) is 9. The third kappa shape index (κ3) is 29.8. The molecule has 2 fully saturated rings. The topological polar surface area (TPSA) is 431 Å². The second-order valence-electron chi connectivity index (χ2n) is 22.9. The van der Waals surface area contributed by atoms with E-state index >= 15 is 0 Å². The number of nitrogens with one attached hydrogen (secondary N) is 2. The van der Waals surface area contributed by atoms with E-state index in [4.69, 9.17) is 50.1 Å². The number of ketones is 3. The van der Waals surface area contributed by atoms with Gasteiger partial charge in [0.25, 0.3) is 0 Å². The number of likely N-dealkylation sites (tertiary alicyclic amines) is 1. The van der Waals surface area contributed by atoms with E-state index in [0.717, 1.165) is 32.8 Å². The number of rotatable bonds is 52. The number of hydrogen-bond acceptors (Lipinski definition) is 23. The number of aromatic nitrogens is 4. The number of Topliss-reactive ketones (excluding diaryl/α,β-unsaturated/α-hetero) is 3. The van der Waals surface area contributed by atoms with Gasteiger partial charge in [-0.15, -0.1) is 0 Å². The van der Waals surface area contributed by atoms with Crippen LogP contribution in [0, 0.1) is 5.92 Å². The van der Waals surface area contributed by atoms with Crippen LogP contribution < -0.4 is 27.8 Å². The van der Waals surface area contributed by atoms with Gasteiger partial charge in [0.1, 0.15) is 34.7 Å². The number of carbonyl (C=O) groups excluding carboxylic acids is 6. The number of amides is 3. The standard InChI is InChI=1S/C57H100N10O19P2/c1-80-87(76,77)84-36-43-32-44(67-42-64-54-55(60)62-41-63-56(54)67)34-50(43)86-88(78,79)85-37-45-33-49(72)35-66(45)53(75)21-7-5-3-2-4-6-20-52(74)65-57(38-81-29-22-47(70)16-8-12-25-58,39-82-30-23-48(71)17-9-13-26-59)40-83-31-24-51(73)61-27-14-10-18-46(69)19-11-15-28-68/h41-45,49-50,68,72H,2-40,58-59H2,1H3,(H,61,73)(H,65,74)(H,76,77)(H,78,79)(H2,60,62,63)/t43-,44-,45+,49-,50+/m1/s1. The zero-order chi connectivity index (χ0) is 64.2. The summed E-state index contributed by atoms with van der Waals surface area (Å²) in [4.78, 5) is 112. The van der Waals surface area contributed by atoms with Crippen LogP contribution >= 0.6 is 15.6 Å². The summed E-state index contributed by atoms with van der Waals surface area (Å²) in [7, 11) is -8.25. The minimum absolute atomic E-state index is 0.00660. The molecule has 1 saturated carbocycles. The Balaban J connectivity index is 1.26. The lowest BCUT2D eigenvalue weighted by molar-refractivity contribution is -0.133. The molecule has 29 nitrogen and oxygen atoms in total. The summed E-state index contributed by atoms with van der Waals surface area (Å²) in [5, 5.41) is 25.5. The van der Waals surface area contributed by atoms with Crippen LogP contribution in [0.4, 0.5) is 5.82 Å². The molecule has 1 aliphatic heterocycles. The van der Waals surface area contributed by atoms with Gasteiger partial charge in [-0.2, -0.15) is 0 Å². The first-order chi connectivity index (χ1) is 42.2. The molecule has 12 N–H and O–H groups in total. The highest BCUT2D eigenvalue weighted by Crippen LogP contribution is 2.52. The molecule has 2 aromatic heterocycles. The Kier molecular flexibility index (Phi) is 36.3. The van der Waals surface area contributed by atoms with E-state index in [1.54, 1.807) is 4.57 Å². The Hall–Kier alpha value is -4.29. The monoisotopic (exact) mass is 1290 g/mol. The van der Waals surface area contributed by atoms with E-state index in [1.807, 2.05) is 0 Å². The quantitative estimate of drug-likeness (QED) is 0.0331. The first kappa shape index (κ1) is 76.2. The highest BCUT2D eigenvalue weighted by Gasteiger charge is 2.44. The molecule has 3 heterocycles. The van der Waals surface area contributed by atoms with Crippen molar-refractivity contribution >= 4 is 67.7 Å². The number of aliphatic hydroxyl groups is 2. The first-order valence-electron chi connectivity index (χ1n) is 31.2. The molecule has 2 aromatic rings. The third-order valence-electron chi connectivity index (χ3n) is 15.5. The van der Waals surface area contributed by atoms with Crippen LogP contribution in [0.3, 0.4) is 0 Å². The molecule has 0 radical (unpaired) electrons. The number of nitrogens with zero attached hydrogens (tertiary/aromatic N) is 5. The maximum Gasteiger partial charge on any atom is 0.472 e. The maximum absolute atomic E-state index is 13.8. The van der Waals surface area contributed by atoms with Gasteiger partial charge < -0.3 is 71.5 Å². The highest BCUT2D eigenvalue weighted by atomic mass is 31.2. The number of β-amino-alcohol motifs (C(OH)–C–C–N with tert-alkyl or cyclic N) is 1. The molecule has 31 heteroatoms. The van der Waals surface area contributed by atoms with Gasteiger partial charge >= 0.3 is 15.6 Å². The van der Waals surface area contributed by atoms with E-state index in [0.29, 0.717) is 121 Å². The number of hydrogen-bond donors (Lipinski definition) is 9. The van der Waals surface area contributed by atoms with Crippen molar-refractivity contribution in [2.45, 2.75) is 197 Å². The van der Waals surface area contributed by atoms with E-state index in [1.165, 1.54) is 17.6 Å². The molecule has 2 unspecified atom stereocenters. The molecule has 0 bridgehead atoms. The maximum atomic E-state index is 13.8. The summed E-state index contributed by atoms with van der Waals surface area (Å²) in [6.45, 7) is 0.531. The predicted octanol–water partition coefficient (Wildman–Crippen LogP) is 4.20. The summed E-state index contributed by atoms with van der Waals surface area (Å²) < 4.78 is 66.4. The fourth-order valence-electron chi connectivity index (χ4n) is 10.6. The summed E-state index contributed by atoms with van der Waals surface area (Å²) in [6.07, 6.45) is 12.8. The van der Waals surface area contributed by atoms with Gasteiger partial charge in [0.15, 0.2) is 11.5 Å². The summed E-state index contributed by atoms with van der Waals surface area (Å²) in [5.41, 5.74) is 16.7. The smallest absolute Gasteiger partial charge is 0.396 e. The van der Waals surface area contributed by atoms with Crippen LogP contribution in [0.25, 0.3) is 11.2 Å². The molecule has 1 aliphatic carbocycles. The number of carbonyl (C=O) groups is 6. The van der Waals surface area contributed by atoms with Gasteiger partial charge in [-0.25, -0.2) is 24.1 Å². The molecule has 502 valence electrons. The van der Waals surface area contributed by atoms with Crippen molar-refractivity contribution in [2.24, 2.45) is 17.4 Å². The van der Waals surface area contributed by atoms with Crippen molar-refractivity contribution in [1.29, 1.82) is 0 Å². The predicted molar refractivity (Wildman–Crippen MR) is 324 cm³/mol. The number of phosphoric ester groups is 2. The van der Waals surface area contributed by atoms with Crippen LogP contribution in [0.2, 0.25) is 0 Å². The number of phosphoric acid groups is 2. The zero-order valence-corrected chi connectivity index (χ0v) is 53.2. The molecule has 7 atom stereocenters. The number of aliphatic hydroxyl groups excluding tert-OH is 2. The summed E-state index contributed by atoms with van der Waals surface area (Å²) >= 11 is 0. The Morgan fingerprint density at radius 2 is 1.22 bits per heavy atom. The minimum Gasteiger partial charge on any atom is -0.396 e. The lowest BCUT2D eigenvalue weighted by atomic mass is 10.0. The van der Waals surface area contributed by atoms with Gasteiger partial charge in [0, 0.05) is 96.6 Å². The summed E-state index contributed by atoms with van der Waals surface area (Å²) in [6, 6.07) is -1.14. The Morgan fingerprint density at radius 3 is 1.83 bits per heavy atom. The van der Waals surface area contributed by atoms with Gasteiger partial charge in [-0.3, -0.25) is 46.9 Å². The fourth-order valence-corrected chi connectivity index (χ4v) is 12.1. The summed E-state index contributed by atoms with van der Waals surface area (Å²) in [5.74, 6) is -1.18. The largest absolute Gasteiger partial charge is 0.472 e. The van der Waals surface area contributed by atoms with Crippen molar-refractivity contribution < 1.29 is 90.2 Å². The Labute approximate surface area is 516 Å². The number of nitrogens with two attached hydrogens (primary N) is 3. The molecule has 0 aromatic carbocycles. The number of imidazole rings is 1. The van der Waals surface area contributed by atoms with Crippen molar-refractivity contribution in [3.05, 3.63) is 12.7 Å². The Morgan fingerprint density at radius 1 is 0.659 bits per heavy atom. The molecule has 3 amide bonds. The van der Waals surface area contributed by atoms with Crippen molar-refractivity contribution in [3.63, 3.8) is 0 Å². The van der Waals surface area contributed by atoms with Crippen LogP contribution in [-0.2, 0) is 70.2 Å². The van der Waals surface area contributed by atoms with Crippen molar-refractivity contribution in [1.82, 2.24) is 35.1 Å². The number of anilines is 1. The van der Waals surface area contributed by atoms with Gasteiger partial charge in [0.2, 0.25) is 17.7 Å². The van der Waals surface area contributed by atoms with Crippen LogP contribution in [0.1, 0.15) is 173 Å². The van der Waals surface area contributed by atoms with E-state index in [-0.39, 0.29) is 152 Å².